The van der Waals surface area contributed by atoms with Crippen molar-refractivity contribution < 1.29 is 28.2 Å². The van der Waals surface area contributed by atoms with Gasteiger partial charge in [0.25, 0.3) is 0 Å². The van der Waals surface area contributed by atoms with E-state index in [1.54, 1.807) is 51.4 Å². The summed E-state index contributed by atoms with van der Waals surface area (Å²) in [7, 11) is 1.28. The number of hydrogen-bond acceptors (Lipinski definition) is 6. The maximum absolute atomic E-state index is 14.3. The summed E-state index contributed by atoms with van der Waals surface area (Å²) in [4.78, 5) is 43.9. The number of nitrogens with one attached hydrogen (secondary N) is 1. The average Bonchev–Trinajstić information content (AvgIpc) is 2.77. The van der Waals surface area contributed by atoms with Gasteiger partial charge in [-0.1, -0.05) is 18.2 Å². The van der Waals surface area contributed by atoms with Crippen LogP contribution in [0.5, 0.6) is 0 Å². The lowest BCUT2D eigenvalue weighted by Crippen LogP contribution is -2.51. The molecule has 1 aliphatic heterocycles. The second-order valence-electron chi connectivity index (χ2n) is 9.25. The minimum absolute atomic E-state index is 0.0759. The van der Waals surface area contributed by atoms with E-state index in [4.69, 9.17) is 9.47 Å². The molecule has 1 N–H and O–H groups in total. The van der Waals surface area contributed by atoms with Crippen LogP contribution in [-0.4, -0.2) is 52.6 Å². The molecule has 2 aromatic rings. The lowest BCUT2D eigenvalue weighted by Gasteiger charge is -2.36. The topological polar surface area (TPSA) is 97.8 Å². The number of pyridine rings is 1. The first-order chi connectivity index (χ1) is 16.1. The SMILES string of the molecule is COC(=O)C1Cc2ccncc2CN1C(=O)CC(Cc1ccccc1F)NC(=O)OC(C)(C)C. The Bertz CT molecular complexity index is 1050. The van der Waals surface area contributed by atoms with E-state index < -0.39 is 35.6 Å². The maximum atomic E-state index is 14.3. The standard InChI is InChI=1S/C25H30FN3O5/c1-25(2,3)34-24(32)28-19(11-17-7-5-6-8-20(17)26)13-22(30)29-15-18-14-27-10-9-16(18)12-21(29)23(31)33-4/h5-10,14,19,21H,11-13,15H2,1-4H3,(H,28,32). The predicted molar refractivity (Wildman–Crippen MR) is 122 cm³/mol. The van der Waals surface area contributed by atoms with Gasteiger partial charge in [-0.3, -0.25) is 9.78 Å². The van der Waals surface area contributed by atoms with E-state index in [0.717, 1.165) is 11.1 Å². The Morgan fingerprint density at radius 3 is 2.62 bits per heavy atom. The summed E-state index contributed by atoms with van der Waals surface area (Å²) in [6, 6.07) is 6.44. The zero-order valence-electron chi connectivity index (χ0n) is 19.8. The Morgan fingerprint density at radius 1 is 1.21 bits per heavy atom. The quantitative estimate of drug-likeness (QED) is 0.650. The van der Waals surface area contributed by atoms with Crippen molar-refractivity contribution in [2.75, 3.05) is 7.11 Å². The Kier molecular flexibility index (Phi) is 7.86. The summed E-state index contributed by atoms with van der Waals surface area (Å²) in [6.45, 7) is 5.36. The molecule has 8 nitrogen and oxygen atoms in total. The van der Waals surface area contributed by atoms with Crippen LogP contribution in [0.15, 0.2) is 42.7 Å². The molecule has 0 bridgehead atoms. The predicted octanol–water partition coefficient (Wildman–Crippen LogP) is 3.17. The van der Waals surface area contributed by atoms with Crippen molar-refractivity contribution in [3.8, 4) is 0 Å². The Hall–Kier alpha value is -3.49. The third kappa shape index (κ3) is 6.52. The van der Waals surface area contributed by atoms with Gasteiger partial charge in [0.05, 0.1) is 7.11 Å². The van der Waals surface area contributed by atoms with Gasteiger partial charge in [-0.25, -0.2) is 14.0 Å². The zero-order valence-corrected chi connectivity index (χ0v) is 19.8. The lowest BCUT2D eigenvalue weighted by atomic mass is 9.94. The number of amides is 2. The van der Waals surface area contributed by atoms with E-state index in [9.17, 15) is 18.8 Å². The molecule has 0 saturated heterocycles. The van der Waals surface area contributed by atoms with Crippen molar-refractivity contribution in [3.63, 3.8) is 0 Å². The minimum Gasteiger partial charge on any atom is -0.467 e. The molecular formula is C25H30FN3O5. The van der Waals surface area contributed by atoms with Gasteiger partial charge in [-0.2, -0.15) is 0 Å². The monoisotopic (exact) mass is 471 g/mol. The number of carbonyl (C=O) groups is 3. The molecule has 2 amide bonds. The average molecular weight is 472 g/mol. The third-order valence-electron chi connectivity index (χ3n) is 5.49. The zero-order chi connectivity index (χ0) is 24.9. The van der Waals surface area contributed by atoms with Crippen molar-refractivity contribution >= 4 is 18.0 Å². The van der Waals surface area contributed by atoms with E-state index in [1.165, 1.54) is 18.1 Å². The van der Waals surface area contributed by atoms with Gasteiger partial charge in [-0.15, -0.1) is 0 Å². The molecule has 0 saturated carbocycles. The van der Waals surface area contributed by atoms with E-state index >= 15 is 0 Å². The van der Waals surface area contributed by atoms with Crippen LogP contribution in [0.1, 0.15) is 43.9 Å². The number of alkyl carbamates (subject to hydrolysis) is 1. The third-order valence-corrected chi connectivity index (χ3v) is 5.49. The summed E-state index contributed by atoms with van der Waals surface area (Å²) in [5.74, 6) is -1.33. The summed E-state index contributed by atoms with van der Waals surface area (Å²) < 4.78 is 24.6. The number of benzene rings is 1. The molecule has 9 heteroatoms. The number of fused-ring (bicyclic) bond motifs is 1. The molecule has 0 spiro atoms. The fraction of sp³-hybridized carbons (Fsp3) is 0.440. The second kappa shape index (κ2) is 10.6. The molecule has 0 aliphatic carbocycles. The number of ether oxygens (including phenoxy) is 2. The Labute approximate surface area is 198 Å². The van der Waals surface area contributed by atoms with Crippen LogP contribution in [0.25, 0.3) is 0 Å². The first-order valence-electron chi connectivity index (χ1n) is 11.1. The number of halogens is 1. The molecule has 1 aromatic carbocycles. The first kappa shape index (κ1) is 25.1. The number of esters is 1. The van der Waals surface area contributed by atoms with Crippen LogP contribution in [-0.2, 0) is 38.4 Å². The van der Waals surface area contributed by atoms with Gasteiger partial charge >= 0.3 is 12.1 Å². The van der Waals surface area contributed by atoms with Gasteiger partial charge in [0.15, 0.2) is 0 Å². The number of carbonyl (C=O) groups excluding carboxylic acids is 3. The number of hydrogen-bond donors (Lipinski definition) is 1. The minimum atomic E-state index is -0.803. The largest absolute Gasteiger partial charge is 0.467 e. The maximum Gasteiger partial charge on any atom is 0.407 e. The normalized spacial score (nSPS) is 16.3. The van der Waals surface area contributed by atoms with Gasteiger partial charge in [-0.05, 0) is 56.0 Å². The van der Waals surface area contributed by atoms with Gasteiger partial charge < -0.3 is 19.7 Å². The second-order valence-corrected chi connectivity index (χ2v) is 9.25. The van der Waals surface area contributed by atoms with E-state index in [1.807, 2.05) is 6.07 Å². The van der Waals surface area contributed by atoms with E-state index in [2.05, 4.69) is 10.3 Å². The molecular weight excluding hydrogens is 441 g/mol. The number of rotatable bonds is 6. The summed E-state index contributed by atoms with van der Waals surface area (Å²) in [6.07, 6.45) is 2.81. The highest BCUT2D eigenvalue weighted by Gasteiger charge is 2.36. The van der Waals surface area contributed by atoms with Crippen LogP contribution in [0, 0.1) is 5.82 Å². The van der Waals surface area contributed by atoms with E-state index in [0.29, 0.717) is 12.0 Å². The van der Waals surface area contributed by atoms with Gasteiger partial charge in [0, 0.05) is 37.8 Å². The van der Waals surface area contributed by atoms with Crippen LogP contribution >= 0.6 is 0 Å². The van der Waals surface area contributed by atoms with Crippen molar-refractivity contribution in [2.24, 2.45) is 0 Å². The van der Waals surface area contributed by atoms with Crippen molar-refractivity contribution in [1.82, 2.24) is 15.2 Å². The van der Waals surface area contributed by atoms with Crippen LogP contribution in [0.4, 0.5) is 9.18 Å². The summed E-state index contributed by atoms with van der Waals surface area (Å²) >= 11 is 0. The molecule has 2 unspecified atom stereocenters. The molecule has 182 valence electrons. The van der Waals surface area contributed by atoms with Gasteiger partial charge in [0.2, 0.25) is 5.91 Å². The van der Waals surface area contributed by atoms with E-state index in [-0.39, 0.29) is 25.3 Å². The molecule has 1 aliphatic rings. The highest BCUT2D eigenvalue weighted by molar-refractivity contribution is 5.86. The molecule has 2 heterocycles. The fourth-order valence-corrected chi connectivity index (χ4v) is 3.92. The highest BCUT2D eigenvalue weighted by Crippen LogP contribution is 2.25. The lowest BCUT2D eigenvalue weighted by molar-refractivity contribution is -0.154. The highest BCUT2D eigenvalue weighted by atomic mass is 19.1. The van der Waals surface area contributed by atoms with Crippen LogP contribution in [0.3, 0.4) is 0 Å². The number of methoxy groups -OCH3 is 1. The molecule has 0 fully saturated rings. The van der Waals surface area contributed by atoms with Gasteiger partial charge in [0.1, 0.15) is 17.5 Å². The van der Waals surface area contributed by atoms with Crippen molar-refractivity contribution in [1.29, 1.82) is 0 Å². The van der Waals surface area contributed by atoms with Crippen molar-refractivity contribution in [3.05, 3.63) is 65.2 Å². The van der Waals surface area contributed by atoms with Crippen LogP contribution < -0.4 is 5.32 Å². The fourth-order valence-electron chi connectivity index (χ4n) is 3.92. The van der Waals surface area contributed by atoms with Crippen molar-refractivity contribution in [2.45, 2.75) is 64.3 Å². The molecule has 0 radical (unpaired) electrons. The smallest absolute Gasteiger partial charge is 0.407 e. The number of aromatic nitrogens is 1. The first-order valence-corrected chi connectivity index (χ1v) is 11.1. The van der Waals surface area contributed by atoms with Crippen LogP contribution in [0.2, 0.25) is 0 Å². The summed E-state index contributed by atoms with van der Waals surface area (Å²) in [5, 5.41) is 2.69. The Morgan fingerprint density at radius 2 is 1.94 bits per heavy atom. The number of nitrogens with zero attached hydrogens (tertiary/aromatic N) is 2. The summed E-state index contributed by atoms with van der Waals surface area (Å²) in [5.41, 5.74) is 1.37. The molecule has 1 aromatic heterocycles. The molecule has 2 atom stereocenters. The molecule has 34 heavy (non-hydrogen) atoms. The molecule has 3 rings (SSSR count). The Balaban J connectivity index is 1.83.